The van der Waals surface area contributed by atoms with Crippen LogP contribution in [0.5, 0.6) is 0 Å². The fraction of sp³-hybridized carbons (Fsp3) is 0.231. The van der Waals surface area contributed by atoms with Gasteiger partial charge in [-0.15, -0.1) is 0 Å². The second kappa shape index (κ2) is 9.55. The van der Waals surface area contributed by atoms with E-state index in [9.17, 15) is 14.4 Å². The third-order valence-electron chi connectivity index (χ3n) is 5.69. The normalized spacial score (nSPS) is 14.6. The molecule has 4 nitrogen and oxygen atoms in total. The van der Waals surface area contributed by atoms with Crippen LogP contribution in [-0.2, 0) is 6.54 Å². The van der Waals surface area contributed by atoms with Crippen LogP contribution in [0.15, 0.2) is 72.8 Å². The minimum atomic E-state index is -0.229. The first kappa shape index (κ1) is 20.8. The molecule has 1 aliphatic heterocycles. The standard InChI is InChI=1S/C26H24FN3O/c27-22-12-10-20(11-13-22)19-29-14-5-15-30(17-16-29)26(31)25-9-4-3-8-24(25)23-7-2-1-6-21(23)18-28/h1-4,6-13H,5,14-17,19H2. The van der Waals surface area contributed by atoms with Gasteiger partial charge in [0.05, 0.1) is 11.6 Å². The summed E-state index contributed by atoms with van der Waals surface area (Å²) in [5, 5.41) is 9.49. The van der Waals surface area contributed by atoms with Crippen molar-refractivity contribution in [1.82, 2.24) is 9.80 Å². The second-order valence-electron chi connectivity index (χ2n) is 7.75. The van der Waals surface area contributed by atoms with Gasteiger partial charge in [0.15, 0.2) is 0 Å². The first-order valence-corrected chi connectivity index (χ1v) is 10.5. The maximum atomic E-state index is 13.4. The number of carbonyl (C=O) groups excluding carboxylic acids is 1. The van der Waals surface area contributed by atoms with Crippen LogP contribution in [0.3, 0.4) is 0 Å². The average Bonchev–Trinajstić information content (AvgIpc) is 3.05. The Bertz CT molecular complexity index is 1100. The largest absolute Gasteiger partial charge is 0.337 e. The number of hydrogen-bond acceptors (Lipinski definition) is 3. The molecule has 1 aliphatic rings. The number of nitrogens with zero attached hydrogens (tertiary/aromatic N) is 3. The topological polar surface area (TPSA) is 47.3 Å². The molecule has 5 heteroatoms. The molecule has 1 heterocycles. The Labute approximate surface area is 182 Å². The van der Waals surface area contributed by atoms with Gasteiger partial charge in [-0.3, -0.25) is 9.69 Å². The van der Waals surface area contributed by atoms with E-state index >= 15 is 0 Å². The summed E-state index contributed by atoms with van der Waals surface area (Å²) in [7, 11) is 0. The summed E-state index contributed by atoms with van der Waals surface area (Å²) >= 11 is 0. The first-order chi connectivity index (χ1) is 15.2. The third-order valence-corrected chi connectivity index (χ3v) is 5.69. The Kier molecular flexibility index (Phi) is 6.40. The Hall–Kier alpha value is -3.49. The summed E-state index contributed by atoms with van der Waals surface area (Å²) in [6.45, 7) is 3.72. The van der Waals surface area contributed by atoms with Crippen LogP contribution in [0.25, 0.3) is 11.1 Å². The molecule has 0 aliphatic carbocycles. The summed E-state index contributed by atoms with van der Waals surface area (Å²) in [5.74, 6) is -0.236. The first-order valence-electron chi connectivity index (χ1n) is 10.5. The maximum Gasteiger partial charge on any atom is 0.254 e. The SMILES string of the molecule is N#Cc1ccccc1-c1ccccc1C(=O)N1CCCN(Cc2ccc(F)cc2)CC1. The van der Waals surface area contributed by atoms with E-state index in [1.165, 1.54) is 12.1 Å². The average molecular weight is 413 g/mol. The molecule has 0 aromatic heterocycles. The van der Waals surface area contributed by atoms with Crippen LogP contribution in [-0.4, -0.2) is 41.9 Å². The fourth-order valence-corrected chi connectivity index (χ4v) is 4.07. The second-order valence-corrected chi connectivity index (χ2v) is 7.75. The minimum Gasteiger partial charge on any atom is -0.337 e. The molecular formula is C26H24FN3O. The van der Waals surface area contributed by atoms with E-state index in [1.807, 2.05) is 59.5 Å². The Morgan fingerprint density at radius 3 is 2.35 bits per heavy atom. The van der Waals surface area contributed by atoms with Crippen LogP contribution >= 0.6 is 0 Å². The lowest BCUT2D eigenvalue weighted by molar-refractivity contribution is 0.0762. The van der Waals surface area contributed by atoms with Crippen LogP contribution in [0, 0.1) is 17.1 Å². The van der Waals surface area contributed by atoms with Crippen molar-refractivity contribution in [2.24, 2.45) is 0 Å². The molecular weight excluding hydrogens is 389 g/mol. The predicted molar refractivity (Wildman–Crippen MR) is 119 cm³/mol. The molecule has 0 radical (unpaired) electrons. The van der Waals surface area contributed by atoms with Gasteiger partial charge < -0.3 is 4.90 Å². The summed E-state index contributed by atoms with van der Waals surface area (Å²) in [5.41, 5.74) is 3.82. The van der Waals surface area contributed by atoms with Crippen molar-refractivity contribution in [3.05, 3.63) is 95.3 Å². The molecule has 0 spiro atoms. The molecule has 1 fully saturated rings. The van der Waals surface area contributed by atoms with Crippen LogP contribution in [0.1, 0.15) is 27.9 Å². The predicted octanol–water partition coefficient (Wildman–Crippen LogP) is 4.71. The number of benzene rings is 3. The zero-order valence-electron chi connectivity index (χ0n) is 17.3. The van der Waals surface area contributed by atoms with Crippen molar-refractivity contribution in [3.63, 3.8) is 0 Å². The van der Waals surface area contributed by atoms with E-state index in [0.717, 1.165) is 42.7 Å². The highest BCUT2D eigenvalue weighted by molar-refractivity contribution is 6.01. The van der Waals surface area contributed by atoms with Crippen LogP contribution in [0.2, 0.25) is 0 Å². The van der Waals surface area contributed by atoms with Crippen molar-refractivity contribution in [3.8, 4) is 17.2 Å². The van der Waals surface area contributed by atoms with Gasteiger partial charge in [0, 0.05) is 43.9 Å². The molecule has 4 rings (SSSR count). The molecule has 1 saturated heterocycles. The van der Waals surface area contributed by atoms with Crippen molar-refractivity contribution in [2.45, 2.75) is 13.0 Å². The smallest absolute Gasteiger partial charge is 0.254 e. The van der Waals surface area contributed by atoms with E-state index in [1.54, 1.807) is 6.07 Å². The van der Waals surface area contributed by atoms with Gasteiger partial charge in [-0.05, 0) is 41.8 Å². The maximum absolute atomic E-state index is 13.4. The van der Waals surface area contributed by atoms with Crippen LogP contribution in [0.4, 0.5) is 4.39 Å². The van der Waals surface area contributed by atoms with Gasteiger partial charge >= 0.3 is 0 Å². The van der Waals surface area contributed by atoms with E-state index < -0.39 is 0 Å². The number of hydrogen-bond donors (Lipinski definition) is 0. The number of carbonyl (C=O) groups is 1. The Morgan fingerprint density at radius 2 is 1.58 bits per heavy atom. The zero-order valence-corrected chi connectivity index (χ0v) is 17.3. The number of halogens is 1. The number of nitriles is 1. The highest BCUT2D eigenvalue weighted by Crippen LogP contribution is 2.28. The lowest BCUT2D eigenvalue weighted by Crippen LogP contribution is -2.35. The molecule has 3 aromatic rings. The van der Waals surface area contributed by atoms with Gasteiger partial charge in [0.2, 0.25) is 0 Å². The zero-order chi connectivity index (χ0) is 21.6. The van der Waals surface area contributed by atoms with Crippen LogP contribution < -0.4 is 0 Å². The Morgan fingerprint density at radius 1 is 0.871 bits per heavy atom. The minimum absolute atomic E-state index is 0.00743. The van der Waals surface area contributed by atoms with Gasteiger partial charge in [-0.2, -0.15) is 5.26 Å². The molecule has 0 N–H and O–H groups in total. The molecule has 156 valence electrons. The highest BCUT2D eigenvalue weighted by Gasteiger charge is 2.23. The summed E-state index contributed by atoms with van der Waals surface area (Å²) < 4.78 is 13.2. The molecule has 0 saturated carbocycles. The van der Waals surface area contributed by atoms with E-state index in [-0.39, 0.29) is 11.7 Å². The van der Waals surface area contributed by atoms with Crippen molar-refractivity contribution in [1.29, 1.82) is 5.26 Å². The summed E-state index contributed by atoms with van der Waals surface area (Å²) in [6.07, 6.45) is 0.879. The quantitative estimate of drug-likeness (QED) is 0.622. The van der Waals surface area contributed by atoms with Crippen molar-refractivity contribution < 1.29 is 9.18 Å². The molecule has 3 aromatic carbocycles. The monoisotopic (exact) mass is 413 g/mol. The molecule has 0 bridgehead atoms. The molecule has 31 heavy (non-hydrogen) atoms. The van der Waals surface area contributed by atoms with Crippen molar-refractivity contribution in [2.75, 3.05) is 26.2 Å². The number of amides is 1. The summed E-state index contributed by atoms with van der Waals surface area (Å²) in [6, 6.07) is 23.7. The lowest BCUT2D eigenvalue weighted by Gasteiger charge is -2.23. The fourth-order valence-electron chi connectivity index (χ4n) is 4.07. The Balaban J connectivity index is 1.50. The van der Waals surface area contributed by atoms with E-state index in [0.29, 0.717) is 24.2 Å². The van der Waals surface area contributed by atoms with Gasteiger partial charge in [0.25, 0.3) is 5.91 Å². The molecule has 0 atom stereocenters. The third kappa shape index (κ3) is 4.82. The molecule has 0 unspecified atom stereocenters. The van der Waals surface area contributed by atoms with Gasteiger partial charge in [-0.25, -0.2) is 4.39 Å². The highest BCUT2D eigenvalue weighted by atomic mass is 19.1. The summed E-state index contributed by atoms with van der Waals surface area (Å²) in [4.78, 5) is 17.6. The molecule has 1 amide bonds. The van der Waals surface area contributed by atoms with Gasteiger partial charge in [0.1, 0.15) is 5.82 Å². The van der Waals surface area contributed by atoms with E-state index in [2.05, 4.69) is 11.0 Å². The van der Waals surface area contributed by atoms with E-state index in [4.69, 9.17) is 0 Å². The number of rotatable bonds is 4. The van der Waals surface area contributed by atoms with Crippen molar-refractivity contribution >= 4 is 5.91 Å². The lowest BCUT2D eigenvalue weighted by atomic mass is 9.95. The van der Waals surface area contributed by atoms with Gasteiger partial charge in [-0.1, -0.05) is 48.5 Å².